The van der Waals surface area contributed by atoms with Crippen LogP contribution in [-0.2, 0) is 0 Å². The highest BCUT2D eigenvalue weighted by Gasteiger charge is 2.11. The van der Waals surface area contributed by atoms with E-state index in [1.54, 1.807) is 47.9 Å². The second-order valence-electron chi connectivity index (χ2n) is 7.33. The minimum absolute atomic E-state index is 0.155. The molecule has 1 N–H and O–H groups in total. The molecule has 1 heterocycles. The summed E-state index contributed by atoms with van der Waals surface area (Å²) in [6, 6.07) is 7.28. The highest BCUT2D eigenvalue weighted by molar-refractivity contribution is 8.03. The van der Waals surface area contributed by atoms with Crippen LogP contribution in [0.1, 0.15) is 36.2 Å². The molecule has 0 atom stereocenters. The van der Waals surface area contributed by atoms with Gasteiger partial charge in [-0.25, -0.2) is 4.68 Å². The molecule has 2 rings (SSSR count). The highest BCUT2D eigenvalue weighted by Crippen LogP contribution is 2.18. The highest BCUT2D eigenvalue weighted by atomic mass is 32.2. The lowest BCUT2D eigenvalue weighted by Crippen LogP contribution is -2.27. The van der Waals surface area contributed by atoms with Crippen molar-refractivity contribution in [3.8, 4) is 17.5 Å². The summed E-state index contributed by atoms with van der Waals surface area (Å²) in [5, 5.41) is 8.19. The number of benzene rings is 1. The van der Waals surface area contributed by atoms with Gasteiger partial charge in [-0.15, -0.1) is 11.8 Å². The molecular weight excluding hydrogens is 454 g/mol. The second-order valence-corrected chi connectivity index (χ2v) is 8.50. The van der Waals surface area contributed by atoms with E-state index < -0.39 is 0 Å². The van der Waals surface area contributed by atoms with Crippen LogP contribution in [0.3, 0.4) is 0 Å². The van der Waals surface area contributed by atoms with Crippen molar-refractivity contribution in [1.29, 1.82) is 0 Å². The van der Waals surface area contributed by atoms with E-state index in [-0.39, 0.29) is 5.91 Å². The van der Waals surface area contributed by atoms with Crippen molar-refractivity contribution in [3.63, 3.8) is 0 Å². The number of carbonyl (C=O) groups is 1. The zero-order valence-electron chi connectivity index (χ0n) is 20.9. The summed E-state index contributed by atoms with van der Waals surface area (Å²) in [5.74, 6) is 7.82. The molecule has 0 unspecified atom stereocenters. The Morgan fingerprint density at radius 2 is 2.20 bits per heavy atom. The molecule has 1 aromatic carbocycles. The Labute approximate surface area is 213 Å². The molecule has 0 saturated heterocycles. The number of nitrogens with one attached hydrogen (secondary N) is 1. The number of rotatable bonds is 10. The van der Waals surface area contributed by atoms with Crippen LogP contribution in [0.15, 0.2) is 89.7 Å². The molecule has 0 aliphatic heterocycles. The monoisotopic (exact) mass is 487 g/mol. The number of allylic oxidation sites excluding steroid dienone is 5. The van der Waals surface area contributed by atoms with Crippen LogP contribution < -0.4 is 5.32 Å². The van der Waals surface area contributed by atoms with Crippen molar-refractivity contribution in [2.45, 2.75) is 20.3 Å². The van der Waals surface area contributed by atoms with E-state index in [9.17, 15) is 4.79 Å². The van der Waals surface area contributed by atoms with Gasteiger partial charge in [0, 0.05) is 56.3 Å². The van der Waals surface area contributed by atoms with E-state index in [4.69, 9.17) is 0 Å². The first kappa shape index (κ1) is 27.5. The van der Waals surface area contributed by atoms with Gasteiger partial charge in [0.2, 0.25) is 0 Å². The molecule has 182 valence electrons. The SMILES string of the molecule is C=C/C(C#Cc1cc(C(=O)NCCSC(=C)N(C)C(CC)=NC)ccc1-n1cccn1)=C\C=C/C. The van der Waals surface area contributed by atoms with Gasteiger partial charge < -0.3 is 10.2 Å². The summed E-state index contributed by atoms with van der Waals surface area (Å²) in [7, 11) is 3.73. The van der Waals surface area contributed by atoms with E-state index in [0.29, 0.717) is 23.4 Å². The van der Waals surface area contributed by atoms with Gasteiger partial charge in [0.05, 0.1) is 16.3 Å². The summed E-state index contributed by atoms with van der Waals surface area (Å²) in [5.41, 5.74) is 2.82. The Morgan fingerprint density at radius 3 is 2.83 bits per heavy atom. The molecule has 1 amide bonds. The topological polar surface area (TPSA) is 62.5 Å². The predicted octanol–water partition coefficient (Wildman–Crippen LogP) is 5.22. The molecule has 6 nitrogen and oxygen atoms in total. The van der Waals surface area contributed by atoms with Crippen molar-refractivity contribution in [1.82, 2.24) is 20.0 Å². The van der Waals surface area contributed by atoms with Crippen LogP contribution >= 0.6 is 11.8 Å². The van der Waals surface area contributed by atoms with Gasteiger partial charge in [0.15, 0.2) is 0 Å². The third kappa shape index (κ3) is 8.20. The third-order valence-electron chi connectivity index (χ3n) is 5.03. The number of amidine groups is 1. The number of thioether (sulfide) groups is 1. The van der Waals surface area contributed by atoms with Crippen LogP contribution in [0.2, 0.25) is 0 Å². The first-order valence-electron chi connectivity index (χ1n) is 11.4. The Morgan fingerprint density at radius 1 is 1.40 bits per heavy atom. The molecule has 35 heavy (non-hydrogen) atoms. The lowest BCUT2D eigenvalue weighted by atomic mass is 10.1. The maximum Gasteiger partial charge on any atom is 0.251 e. The number of aromatic nitrogens is 2. The number of aliphatic imine (C=N–C) groups is 1. The van der Waals surface area contributed by atoms with Gasteiger partial charge in [-0.2, -0.15) is 5.10 Å². The minimum atomic E-state index is -0.155. The fourth-order valence-corrected chi connectivity index (χ4v) is 3.85. The van der Waals surface area contributed by atoms with Crippen LogP contribution in [0.5, 0.6) is 0 Å². The van der Waals surface area contributed by atoms with E-state index in [1.165, 1.54) is 0 Å². The van der Waals surface area contributed by atoms with Crippen molar-refractivity contribution < 1.29 is 4.79 Å². The normalized spacial score (nSPS) is 11.7. The fraction of sp³-hybridized carbons (Fsp3) is 0.250. The van der Waals surface area contributed by atoms with Crippen LogP contribution in [0.4, 0.5) is 0 Å². The van der Waals surface area contributed by atoms with Gasteiger partial charge in [0.25, 0.3) is 5.91 Å². The molecule has 0 fully saturated rings. The maximum absolute atomic E-state index is 12.8. The first-order valence-corrected chi connectivity index (χ1v) is 12.3. The van der Waals surface area contributed by atoms with Gasteiger partial charge in [-0.3, -0.25) is 9.79 Å². The average molecular weight is 488 g/mol. The van der Waals surface area contributed by atoms with Crippen LogP contribution in [0.25, 0.3) is 5.69 Å². The molecule has 0 spiro atoms. The summed E-state index contributed by atoms with van der Waals surface area (Å²) < 4.78 is 1.73. The molecule has 7 heteroatoms. The van der Waals surface area contributed by atoms with E-state index in [2.05, 4.69) is 47.3 Å². The minimum Gasteiger partial charge on any atom is -0.351 e. The molecule has 1 aromatic heterocycles. The molecular formula is C28H33N5OS. The molecule has 0 bridgehead atoms. The van der Waals surface area contributed by atoms with Crippen molar-refractivity contribution in [3.05, 3.63) is 95.9 Å². The lowest BCUT2D eigenvalue weighted by molar-refractivity contribution is 0.0956. The Kier molecular flexibility index (Phi) is 11.4. The zero-order valence-corrected chi connectivity index (χ0v) is 21.7. The van der Waals surface area contributed by atoms with E-state index >= 15 is 0 Å². The molecule has 0 radical (unpaired) electrons. The number of hydrogen-bond acceptors (Lipinski definition) is 4. The van der Waals surface area contributed by atoms with Gasteiger partial charge in [0.1, 0.15) is 5.84 Å². The van der Waals surface area contributed by atoms with Crippen molar-refractivity contribution in [2.75, 3.05) is 26.4 Å². The van der Waals surface area contributed by atoms with E-state index in [1.807, 2.05) is 55.4 Å². The van der Waals surface area contributed by atoms with Crippen LogP contribution in [0, 0.1) is 11.8 Å². The van der Waals surface area contributed by atoms with E-state index in [0.717, 1.165) is 28.5 Å². The van der Waals surface area contributed by atoms with Crippen LogP contribution in [-0.4, -0.2) is 52.8 Å². The number of amides is 1. The Hall–Kier alpha value is -3.76. The second kappa shape index (κ2) is 14.5. The Bertz CT molecular complexity index is 1180. The number of carbonyl (C=O) groups excluding carboxylic acids is 1. The number of hydrogen-bond donors (Lipinski definition) is 1. The lowest BCUT2D eigenvalue weighted by Gasteiger charge is -2.22. The smallest absolute Gasteiger partial charge is 0.251 e. The quantitative estimate of drug-likeness (QED) is 0.164. The van der Waals surface area contributed by atoms with Crippen molar-refractivity contribution in [2.24, 2.45) is 4.99 Å². The standard InChI is InChI=1S/C28H33N5OS/c1-7-10-12-23(8-2)13-14-24-21-25(15-16-26(24)33-19-11-17-31-33)28(34)30-18-20-35-22(4)32(6)27(9-3)29-5/h7-8,10-12,15-17,19,21H,2,4,9,18,20H2,1,3,5-6H3,(H,30,34)/b10-7-,23-12+,29-27?. The average Bonchev–Trinajstić information content (AvgIpc) is 3.41. The third-order valence-corrected chi connectivity index (χ3v) is 6.05. The molecule has 2 aromatic rings. The number of nitrogens with zero attached hydrogens (tertiary/aromatic N) is 4. The van der Waals surface area contributed by atoms with Gasteiger partial charge >= 0.3 is 0 Å². The zero-order chi connectivity index (χ0) is 25.6. The predicted molar refractivity (Wildman–Crippen MR) is 149 cm³/mol. The van der Waals surface area contributed by atoms with Crippen molar-refractivity contribution >= 4 is 23.5 Å². The Balaban J connectivity index is 2.13. The van der Waals surface area contributed by atoms with Gasteiger partial charge in [-0.05, 0) is 37.3 Å². The van der Waals surface area contributed by atoms with Gasteiger partial charge in [-0.1, -0.05) is 50.2 Å². The summed E-state index contributed by atoms with van der Waals surface area (Å²) in [4.78, 5) is 19.1. The summed E-state index contributed by atoms with van der Waals surface area (Å²) >= 11 is 1.59. The fourth-order valence-electron chi connectivity index (χ4n) is 3.11. The summed E-state index contributed by atoms with van der Waals surface area (Å²) in [6.45, 7) is 12.4. The first-order chi connectivity index (χ1) is 16.9. The maximum atomic E-state index is 12.8. The molecule has 0 aliphatic carbocycles. The summed E-state index contributed by atoms with van der Waals surface area (Å²) in [6.07, 6.45) is 11.8. The largest absolute Gasteiger partial charge is 0.351 e. The molecule has 0 aliphatic rings. The molecule has 0 saturated carbocycles.